The fourth-order valence-corrected chi connectivity index (χ4v) is 6.71. The highest BCUT2D eigenvalue weighted by Gasteiger charge is 2.41. The van der Waals surface area contributed by atoms with Gasteiger partial charge in [-0.2, -0.15) is 0 Å². The Kier molecular flexibility index (Phi) is 5.59. The van der Waals surface area contributed by atoms with Crippen molar-refractivity contribution >= 4 is 45.8 Å². The van der Waals surface area contributed by atoms with Gasteiger partial charge in [-0.3, -0.25) is 9.59 Å². The molecule has 198 valence electrons. The second kappa shape index (κ2) is 9.19. The van der Waals surface area contributed by atoms with E-state index >= 15 is 0 Å². The fraction of sp³-hybridized carbons (Fsp3) is 0.206. The van der Waals surface area contributed by atoms with Crippen LogP contribution in [0.25, 0.3) is 16.8 Å². The minimum atomic E-state index is -1.13. The molecule has 0 saturated heterocycles. The van der Waals surface area contributed by atoms with Gasteiger partial charge in [-0.25, -0.2) is 4.79 Å². The van der Waals surface area contributed by atoms with E-state index in [9.17, 15) is 19.5 Å². The molecule has 1 heterocycles. The maximum atomic E-state index is 13.1. The van der Waals surface area contributed by atoms with Crippen molar-refractivity contribution in [2.45, 2.75) is 37.6 Å². The van der Waals surface area contributed by atoms with E-state index in [1.807, 2.05) is 18.2 Å². The lowest BCUT2D eigenvalue weighted by atomic mass is 9.82. The predicted molar refractivity (Wildman–Crippen MR) is 154 cm³/mol. The van der Waals surface area contributed by atoms with E-state index in [4.69, 9.17) is 4.74 Å². The van der Waals surface area contributed by atoms with Crippen LogP contribution in [0.4, 0.5) is 11.4 Å². The van der Waals surface area contributed by atoms with Crippen LogP contribution < -0.4 is 9.64 Å². The number of carbonyl (C=O) groups excluding carboxylic acids is 2. The predicted octanol–water partition coefficient (Wildman–Crippen LogP) is 7.19. The number of anilines is 2. The van der Waals surface area contributed by atoms with Crippen molar-refractivity contribution in [1.82, 2.24) is 0 Å². The summed E-state index contributed by atoms with van der Waals surface area (Å²) in [4.78, 5) is 40.1. The van der Waals surface area contributed by atoms with Crippen molar-refractivity contribution < 1.29 is 24.2 Å². The smallest absolute Gasteiger partial charge is 0.335 e. The number of ketones is 2. The molecule has 6 nitrogen and oxygen atoms in total. The minimum absolute atomic E-state index is 0.00468. The first-order valence-electron chi connectivity index (χ1n) is 13.6. The van der Waals surface area contributed by atoms with Crippen molar-refractivity contribution in [1.29, 1.82) is 0 Å². The standard InChI is InChI=1S/C34H27NO5/c1-40-24-11-8-20-16-23(10-7-21(20)17-24)35-30-5-3-2-4-25(30)27-14-19(6-13-31(27)35)15-29-32(36)26-12-9-22(34(38)39)18-28(26)33(29)37/h6-18,25,30H,2-5H2,1H3,(H,38,39)/b29-15-. The summed E-state index contributed by atoms with van der Waals surface area (Å²) in [5, 5.41) is 11.6. The number of hydrogen-bond donors (Lipinski definition) is 1. The molecule has 1 aliphatic heterocycles. The molecule has 7 rings (SSSR count). The number of aromatic carboxylic acids is 1. The van der Waals surface area contributed by atoms with E-state index in [1.165, 1.54) is 42.3 Å². The number of rotatable bonds is 4. The van der Waals surface area contributed by atoms with Gasteiger partial charge in [0.25, 0.3) is 0 Å². The van der Waals surface area contributed by atoms with E-state index < -0.39 is 11.8 Å². The number of allylic oxidation sites excluding steroid dienone is 1. The van der Waals surface area contributed by atoms with Gasteiger partial charge in [0.1, 0.15) is 5.75 Å². The zero-order valence-electron chi connectivity index (χ0n) is 22.0. The highest BCUT2D eigenvalue weighted by atomic mass is 16.5. The number of carboxylic acids is 1. The monoisotopic (exact) mass is 529 g/mol. The number of methoxy groups -OCH3 is 1. The lowest BCUT2D eigenvalue weighted by molar-refractivity contribution is 0.0696. The van der Waals surface area contributed by atoms with E-state index in [-0.39, 0.29) is 28.0 Å². The van der Waals surface area contributed by atoms with Crippen LogP contribution in [0.3, 0.4) is 0 Å². The van der Waals surface area contributed by atoms with Crippen molar-refractivity contribution in [3.63, 3.8) is 0 Å². The third kappa shape index (κ3) is 3.74. The van der Waals surface area contributed by atoms with Gasteiger partial charge in [0.05, 0.1) is 18.2 Å². The lowest BCUT2D eigenvalue weighted by Gasteiger charge is -2.33. The molecule has 0 amide bonds. The van der Waals surface area contributed by atoms with Gasteiger partial charge in [-0.05, 0) is 95.4 Å². The van der Waals surface area contributed by atoms with Crippen LogP contribution in [-0.4, -0.2) is 35.8 Å². The molecule has 1 N–H and O–H groups in total. The average Bonchev–Trinajstić information content (AvgIpc) is 3.43. The zero-order chi connectivity index (χ0) is 27.5. The number of benzene rings is 4. The summed E-state index contributed by atoms with van der Waals surface area (Å²) in [5.74, 6) is -0.697. The van der Waals surface area contributed by atoms with Crippen LogP contribution in [0.1, 0.15) is 73.8 Å². The molecule has 1 fully saturated rings. The summed E-state index contributed by atoms with van der Waals surface area (Å²) in [7, 11) is 1.68. The molecule has 1 saturated carbocycles. The molecule has 2 aliphatic carbocycles. The number of carboxylic acid groups (broad SMARTS) is 1. The average molecular weight is 530 g/mol. The number of fused-ring (bicyclic) bond motifs is 5. The quantitative estimate of drug-likeness (QED) is 0.223. The summed E-state index contributed by atoms with van der Waals surface area (Å²) < 4.78 is 5.39. The molecule has 4 aromatic rings. The van der Waals surface area contributed by atoms with E-state index in [0.717, 1.165) is 40.6 Å². The van der Waals surface area contributed by atoms with Gasteiger partial charge in [-0.15, -0.1) is 0 Å². The number of ether oxygens (including phenoxy) is 1. The first-order valence-corrected chi connectivity index (χ1v) is 13.6. The molecule has 0 radical (unpaired) electrons. The van der Waals surface area contributed by atoms with Gasteiger partial charge in [-0.1, -0.05) is 31.0 Å². The Labute approximate surface area is 231 Å². The van der Waals surface area contributed by atoms with E-state index in [1.54, 1.807) is 13.2 Å². The summed E-state index contributed by atoms with van der Waals surface area (Å²) in [6, 6.07) is 23.4. The number of Topliss-reactive ketones (excluding diaryl/α,β-unsaturated/α-hetero) is 2. The minimum Gasteiger partial charge on any atom is -0.497 e. The van der Waals surface area contributed by atoms with Crippen LogP contribution in [0.2, 0.25) is 0 Å². The molecule has 0 spiro atoms. The van der Waals surface area contributed by atoms with Gasteiger partial charge < -0.3 is 14.7 Å². The maximum absolute atomic E-state index is 13.1. The van der Waals surface area contributed by atoms with Crippen LogP contribution in [-0.2, 0) is 0 Å². The van der Waals surface area contributed by atoms with Gasteiger partial charge in [0.2, 0.25) is 0 Å². The molecule has 3 aliphatic rings. The molecule has 2 atom stereocenters. The van der Waals surface area contributed by atoms with Crippen molar-refractivity contribution in [2.75, 3.05) is 12.0 Å². The van der Waals surface area contributed by atoms with Gasteiger partial charge in [0.15, 0.2) is 11.6 Å². The molecule has 40 heavy (non-hydrogen) atoms. The molecular weight excluding hydrogens is 502 g/mol. The van der Waals surface area contributed by atoms with Crippen LogP contribution in [0.15, 0.2) is 78.4 Å². The molecular formula is C34H27NO5. The Morgan fingerprint density at radius 3 is 2.48 bits per heavy atom. The first kappa shape index (κ1) is 24.3. The summed E-state index contributed by atoms with van der Waals surface area (Å²) in [6.07, 6.45) is 6.23. The SMILES string of the molecule is COc1ccc2cc(N3c4ccc(/C=C5/C(=O)c6ccc(C(=O)O)cc6C5=O)cc4C4CCCCC43)ccc2c1. The van der Waals surface area contributed by atoms with Gasteiger partial charge >= 0.3 is 5.97 Å². The fourth-order valence-electron chi connectivity index (χ4n) is 6.71. The highest BCUT2D eigenvalue weighted by molar-refractivity contribution is 6.41. The van der Waals surface area contributed by atoms with Crippen molar-refractivity contribution in [3.05, 3.63) is 106 Å². The largest absolute Gasteiger partial charge is 0.497 e. The van der Waals surface area contributed by atoms with Crippen LogP contribution >= 0.6 is 0 Å². The Bertz CT molecular complexity index is 1780. The number of hydrogen-bond acceptors (Lipinski definition) is 5. The zero-order valence-corrected chi connectivity index (χ0v) is 22.0. The Morgan fingerprint density at radius 2 is 1.65 bits per heavy atom. The third-order valence-corrected chi connectivity index (χ3v) is 8.64. The molecule has 6 heteroatoms. The van der Waals surface area contributed by atoms with E-state index in [2.05, 4.69) is 41.3 Å². The third-order valence-electron chi connectivity index (χ3n) is 8.64. The van der Waals surface area contributed by atoms with Crippen molar-refractivity contribution in [3.8, 4) is 5.75 Å². The van der Waals surface area contributed by atoms with E-state index in [0.29, 0.717) is 12.0 Å². The Morgan fingerprint density at radius 1 is 0.875 bits per heavy atom. The first-order chi connectivity index (χ1) is 19.4. The number of carbonyl (C=O) groups is 3. The van der Waals surface area contributed by atoms with Crippen LogP contribution in [0.5, 0.6) is 5.75 Å². The Balaban J connectivity index is 1.27. The molecule has 0 bridgehead atoms. The summed E-state index contributed by atoms with van der Waals surface area (Å²) >= 11 is 0. The van der Waals surface area contributed by atoms with Gasteiger partial charge in [0, 0.05) is 34.5 Å². The summed E-state index contributed by atoms with van der Waals surface area (Å²) in [6.45, 7) is 0. The van der Waals surface area contributed by atoms with Crippen molar-refractivity contribution in [2.24, 2.45) is 0 Å². The highest BCUT2D eigenvalue weighted by Crippen LogP contribution is 2.51. The second-order valence-corrected chi connectivity index (χ2v) is 10.8. The Hall–Kier alpha value is -4.71. The molecule has 4 aromatic carbocycles. The molecule has 2 unspecified atom stereocenters. The van der Waals surface area contributed by atoms with Crippen LogP contribution in [0, 0.1) is 0 Å². The normalized spacial score (nSPS) is 20.5. The maximum Gasteiger partial charge on any atom is 0.335 e. The second-order valence-electron chi connectivity index (χ2n) is 10.8. The summed E-state index contributed by atoms with van der Waals surface area (Å²) in [5.41, 5.74) is 4.87. The number of nitrogens with zero attached hydrogens (tertiary/aromatic N) is 1. The topological polar surface area (TPSA) is 83.9 Å². The lowest BCUT2D eigenvalue weighted by Crippen LogP contribution is -2.32. The molecule has 0 aromatic heterocycles.